The monoisotopic (exact) mass is 281 g/mol. The van der Waals surface area contributed by atoms with Crippen LogP contribution in [0.2, 0.25) is 0 Å². The predicted octanol–water partition coefficient (Wildman–Crippen LogP) is 4.29. The van der Waals surface area contributed by atoms with Gasteiger partial charge in [0.2, 0.25) is 0 Å². The minimum Gasteiger partial charge on any atom is -0.494 e. The van der Waals surface area contributed by atoms with E-state index < -0.39 is 17.5 Å². The highest BCUT2D eigenvalue weighted by Crippen LogP contribution is 2.25. The Bertz CT molecular complexity index is 596. The molecule has 2 nitrogen and oxygen atoms in total. The summed E-state index contributed by atoms with van der Waals surface area (Å²) < 4.78 is 44.5. The van der Waals surface area contributed by atoms with Gasteiger partial charge in [0.25, 0.3) is 0 Å². The molecule has 0 saturated heterocycles. The Morgan fingerprint density at radius 1 is 1.00 bits per heavy atom. The van der Waals surface area contributed by atoms with Crippen molar-refractivity contribution in [2.24, 2.45) is 0 Å². The third-order valence-corrected chi connectivity index (χ3v) is 2.92. The molecular formula is C15H14F3NO. The highest BCUT2D eigenvalue weighted by Gasteiger charge is 2.10. The van der Waals surface area contributed by atoms with E-state index in [2.05, 4.69) is 5.32 Å². The first-order valence-corrected chi connectivity index (χ1v) is 6.05. The molecule has 2 aromatic rings. The van der Waals surface area contributed by atoms with Gasteiger partial charge in [-0.3, -0.25) is 0 Å². The lowest BCUT2D eigenvalue weighted by Gasteiger charge is -2.16. The van der Waals surface area contributed by atoms with Crippen LogP contribution >= 0.6 is 0 Å². The number of benzene rings is 2. The first-order chi connectivity index (χ1) is 9.49. The second-order valence-electron chi connectivity index (χ2n) is 4.42. The van der Waals surface area contributed by atoms with Gasteiger partial charge in [-0.15, -0.1) is 0 Å². The van der Waals surface area contributed by atoms with Crippen LogP contribution in [0.15, 0.2) is 36.4 Å². The van der Waals surface area contributed by atoms with Crippen LogP contribution in [0, 0.1) is 17.5 Å². The summed E-state index contributed by atoms with van der Waals surface area (Å²) in [6.07, 6.45) is 0. The Hall–Kier alpha value is -2.17. The third-order valence-electron chi connectivity index (χ3n) is 2.92. The summed E-state index contributed by atoms with van der Waals surface area (Å²) in [6.45, 7) is 1.75. The quantitative estimate of drug-likeness (QED) is 0.902. The van der Waals surface area contributed by atoms with E-state index in [4.69, 9.17) is 4.74 Å². The van der Waals surface area contributed by atoms with Gasteiger partial charge in [0.05, 0.1) is 7.11 Å². The van der Waals surface area contributed by atoms with Gasteiger partial charge < -0.3 is 10.1 Å². The van der Waals surface area contributed by atoms with Crippen molar-refractivity contribution in [1.82, 2.24) is 0 Å². The summed E-state index contributed by atoms with van der Waals surface area (Å²) >= 11 is 0. The van der Waals surface area contributed by atoms with Crippen molar-refractivity contribution < 1.29 is 17.9 Å². The second-order valence-corrected chi connectivity index (χ2v) is 4.42. The van der Waals surface area contributed by atoms with E-state index >= 15 is 0 Å². The molecule has 1 atom stereocenters. The maximum absolute atomic E-state index is 13.3. The predicted molar refractivity (Wildman–Crippen MR) is 71.3 cm³/mol. The average Bonchev–Trinajstić information content (AvgIpc) is 2.39. The molecule has 0 spiro atoms. The van der Waals surface area contributed by atoms with Crippen LogP contribution in [0.3, 0.4) is 0 Å². The van der Waals surface area contributed by atoms with E-state index in [0.29, 0.717) is 11.3 Å². The lowest BCUT2D eigenvalue weighted by atomic mass is 10.1. The lowest BCUT2D eigenvalue weighted by molar-refractivity contribution is 0.387. The molecule has 5 heteroatoms. The van der Waals surface area contributed by atoms with E-state index in [0.717, 1.165) is 6.07 Å². The molecule has 0 aliphatic carbocycles. The summed E-state index contributed by atoms with van der Waals surface area (Å²) in [5.74, 6) is -1.63. The topological polar surface area (TPSA) is 21.3 Å². The minimum atomic E-state index is -0.634. The largest absolute Gasteiger partial charge is 0.494 e. The van der Waals surface area contributed by atoms with Crippen LogP contribution < -0.4 is 10.1 Å². The number of hydrogen-bond donors (Lipinski definition) is 1. The average molecular weight is 281 g/mol. The van der Waals surface area contributed by atoms with Crippen LogP contribution in [-0.2, 0) is 0 Å². The number of ether oxygens (including phenoxy) is 1. The van der Waals surface area contributed by atoms with Crippen molar-refractivity contribution >= 4 is 5.69 Å². The Labute approximate surface area is 115 Å². The van der Waals surface area contributed by atoms with Gasteiger partial charge in [0, 0.05) is 23.9 Å². The lowest BCUT2D eigenvalue weighted by Crippen LogP contribution is -2.07. The molecular weight excluding hydrogens is 267 g/mol. The van der Waals surface area contributed by atoms with Gasteiger partial charge in [0.1, 0.15) is 11.6 Å². The second kappa shape index (κ2) is 5.86. The van der Waals surface area contributed by atoms with Crippen molar-refractivity contribution in [2.45, 2.75) is 13.0 Å². The van der Waals surface area contributed by atoms with Crippen molar-refractivity contribution in [1.29, 1.82) is 0 Å². The van der Waals surface area contributed by atoms with Crippen LogP contribution in [0.5, 0.6) is 5.75 Å². The minimum absolute atomic E-state index is 0.104. The highest BCUT2D eigenvalue weighted by atomic mass is 19.1. The van der Waals surface area contributed by atoms with Gasteiger partial charge in [-0.2, -0.15) is 0 Å². The fraction of sp³-hybridized carbons (Fsp3) is 0.200. The summed E-state index contributed by atoms with van der Waals surface area (Å²) in [5, 5.41) is 3.03. The zero-order chi connectivity index (χ0) is 14.7. The van der Waals surface area contributed by atoms with Crippen LogP contribution in [-0.4, -0.2) is 7.11 Å². The van der Waals surface area contributed by atoms with E-state index in [9.17, 15) is 13.2 Å². The summed E-state index contributed by atoms with van der Waals surface area (Å²) in [5.41, 5.74) is 1.06. The number of halogens is 3. The molecule has 0 radical (unpaired) electrons. The van der Waals surface area contributed by atoms with E-state index in [1.54, 1.807) is 6.92 Å². The molecule has 0 aromatic heterocycles. The first kappa shape index (κ1) is 14.2. The Morgan fingerprint density at radius 3 is 2.25 bits per heavy atom. The summed E-state index contributed by atoms with van der Waals surface area (Å²) in [6, 6.07) is 7.27. The van der Waals surface area contributed by atoms with Crippen LogP contribution in [0.4, 0.5) is 18.9 Å². The van der Waals surface area contributed by atoms with Crippen LogP contribution in [0.1, 0.15) is 18.5 Å². The van der Waals surface area contributed by atoms with Gasteiger partial charge in [0.15, 0.2) is 11.6 Å². The first-order valence-electron chi connectivity index (χ1n) is 6.05. The van der Waals surface area contributed by atoms with Crippen LogP contribution in [0.25, 0.3) is 0 Å². The van der Waals surface area contributed by atoms with Crippen molar-refractivity contribution in [3.8, 4) is 5.75 Å². The molecule has 0 bridgehead atoms. The molecule has 0 aliphatic heterocycles. The Morgan fingerprint density at radius 2 is 1.65 bits per heavy atom. The number of methoxy groups -OCH3 is 1. The molecule has 1 unspecified atom stereocenters. The summed E-state index contributed by atoms with van der Waals surface area (Å²) in [7, 11) is 1.37. The normalized spacial score (nSPS) is 12.1. The van der Waals surface area contributed by atoms with Gasteiger partial charge in [-0.1, -0.05) is 0 Å². The van der Waals surface area contributed by atoms with E-state index in [1.807, 2.05) is 0 Å². The van der Waals surface area contributed by atoms with Crippen molar-refractivity contribution in [3.05, 3.63) is 59.4 Å². The van der Waals surface area contributed by atoms with E-state index in [1.165, 1.54) is 37.4 Å². The maximum atomic E-state index is 13.3. The SMILES string of the molecule is COc1cc(NC(C)c2cc(F)cc(F)c2)ccc1F. The fourth-order valence-electron chi connectivity index (χ4n) is 1.91. The van der Waals surface area contributed by atoms with Crippen molar-refractivity contribution in [2.75, 3.05) is 12.4 Å². The smallest absolute Gasteiger partial charge is 0.165 e. The zero-order valence-electron chi connectivity index (χ0n) is 11.1. The zero-order valence-corrected chi connectivity index (χ0v) is 11.1. The molecule has 0 amide bonds. The van der Waals surface area contributed by atoms with Gasteiger partial charge in [-0.05, 0) is 36.8 Å². The molecule has 2 rings (SSSR count). The standard InChI is InChI=1S/C15H14F3NO/c1-9(10-5-11(16)7-12(17)6-10)19-13-3-4-14(18)15(8-13)20-2/h3-9,19H,1-2H3. The van der Waals surface area contributed by atoms with Gasteiger partial charge >= 0.3 is 0 Å². The molecule has 20 heavy (non-hydrogen) atoms. The highest BCUT2D eigenvalue weighted by molar-refractivity contribution is 5.50. The van der Waals surface area contributed by atoms with E-state index in [-0.39, 0.29) is 11.8 Å². The Balaban J connectivity index is 2.20. The summed E-state index contributed by atoms with van der Waals surface area (Å²) in [4.78, 5) is 0. The molecule has 2 aromatic carbocycles. The molecule has 0 saturated carbocycles. The fourth-order valence-corrected chi connectivity index (χ4v) is 1.91. The number of nitrogens with one attached hydrogen (secondary N) is 1. The molecule has 1 N–H and O–H groups in total. The maximum Gasteiger partial charge on any atom is 0.165 e. The number of anilines is 1. The Kier molecular flexibility index (Phi) is 4.17. The molecule has 0 aliphatic rings. The molecule has 106 valence electrons. The number of rotatable bonds is 4. The number of hydrogen-bond acceptors (Lipinski definition) is 2. The molecule has 0 heterocycles. The molecule has 0 fully saturated rings. The van der Waals surface area contributed by atoms with Crippen molar-refractivity contribution in [3.63, 3.8) is 0 Å². The third kappa shape index (κ3) is 3.23. The van der Waals surface area contributed by atoms with Gasteiger partial charge in [-0.25, -0.2) is 13.2 Å².